The lowest BCUT2D eigenvalue weighted by atomic mass is 10.1. The number of carbonyl (C=O) groups excluding carboxylic acids is 2. The first-order chi connectivity index (χ1) is 18.4. The van der Waals surface area contributed by atoms with E-state index in [9.17, 15) is 22.4 Å². The molecule has 1 atom stereocenters. The number of benzene rings is 3. The molecule has 0 fully saturated rings. The summed E-state index contributed by atoms with van der Waals surface area (Å²) in [4.78, 5) is 27.9. The highest BCUT2D eigenvalue weighted by atomic mass is 35.5. The molecule has 0 heterocycles. The highest BCUT2D eigenvalue weighted by molar-refractivity contribution is 7.92. The Morgan fingerprint density at radius 3 is 2.08 bits per heavy atom. The molecule has 39 heavy (non-hydrogen) atoms. The molecule has 208 valence electrons. The van der Waals surface area contributed by atoms with Crippen LogP contribution in [0.2, 0.25) is 5.02 Å². The summed E-state index contributed by atoms with van der Waals surface area (Å²) in [5.74, 6) is -1.01. The van der Waals surface area contributed by atoms with Crippen LogP contribution in [-0.4, -0.2) is 50.9 Å². The maximum Gasteiger partial charge on any atom is 0.264 e. The lowest BCUT2D eigenvalue weighted by molar-refractivity contribution is -0.139. The van der Waals surface area contributed by atoms with E-state index in [1.807, 2.05) is 0 Å². The van der Waals surface area contributed by atoms with Gasteiger partial charge in [-0.15, -0.1) is 0 Å². The minimum atomic E-state index is -4.23. The molecule has 0 saturated carbocycles. The quantitative estimate of drug-likeness (QED) is 0.360. The summed E-state index contributed by atoms with van der Waals surface area (Å²) in [7, 11) is -2.76. The van der Waals surface area contributed by atoms with Gasteiger partial charge in [0.25, 0.3) is 10.0 Å². The molecular weight excluding hydrogens is 545 g/mol. The molecule has 3 aromatic carbocycles. The fourth-order valence-corrected chi connectivity index (χ4v) is 5.33. The molecule has 0 radical (unpaired) electrons. The van der Waals surface area contributed by atoms with Crippen molar-refractivity contribution in [2.24, 2.45) is 0 Å². The average Bonchev–Trinajstić information content (AvgIpc) is 2.91. The minimum absolute atomic E-state index is 0.0389. The van der Waals surface area contributed by atoms with Gasteiger partial charge < -0.3 is 15.0 Å². The van der Waals surface area contributed by atoms with E-state index < -0.39 is 40.2 Å². The van der Waals surface area contributed by atoms with E-state index >= 15 is 0 Å². The molecule has 0 saturated heterocycles. The van der Waals surface area contributed by atoms with Crippen molar-refractivity contribution in [3.8, 4) is 5.75 Å². The third-order valence-corrected chi connectivity index (χ3v) is 7.95. The van der Waals surface area contributed by atoms with Gasteiger partial charge in [0.15, 0.2) is 0 Å². The zero-order valence-corrected chi connectivity index (χ0v) is 23.7. The van der Waals surface area contributed by atoms with Crippen LogP contribution in [0.5, 0.6) is 5.75 Å². The van der Waals surface area contributed by atoms with Crippen LogP contribution in [0.4, 0.5) is 10.1 Å². The molecule has 1 unspecified atom stereocenters. The molecule has 0 aliphatic rings. The maximum atomic E-state index is 13.8. The molecule has 8 nitrogen and oxygen atoms in total. The fraction of sp³-hybridized carbons (Fsp3) is 0.286. The Balaban J connectivity index is 2.02. The fourth-order valence-electron chi connectivity index (χ4n) is 3.79. The van der Waals surface area contributed by atoms with Gasteiger partial charge in [0.2, 0.25) is 11.8 Å². The number of halogens is 2. The second-order valence-electron chi connectivity index (χ2n) is 9.15. The molecule has 11 heteroatoms. The number of carbonyl (C=O) groups is 2. The summed E-state index contributed by atoms with van der Waals surface area (Å²) in [5.41, 5.74) is 0.787. The largest absolute Gasteiger partial charge is 0.497 e. The SMILES string of the molecule is COc1ccc(S(=O)(=O)N(CC(=O)N(Cc2ccc(F)cc2)C(C)C(=O)NC(C)C)c2ccc(Cl)cc2)cc1. The van der Waals surface area contributed by atoms with E-state index in [0.717, 1.165) is 4.31 Å². The van der Waals surface area contributed by atoms with Crippen molar-refractivity contribution in [2.45, 2.75) is 44.3 Å². The molecular formula is C28H31ClFN3O5S. The molecule has 0 aliphatic carbocycles. The summed E-state index contributed by atoms with van der Waals surface area (Å²) >= 11 is 6.03. The van der Waals surface area contributed by atoms with E-state index in [0.29, 0.717) is 16.3 Å². The first-order valence-electron chi connectivity index (χ1n) is 12.2. The van der Waals surface area contributed by atoms with Gasteiger partial charge in [0.05, 0.1) is 17.7 Å². The lowest BCUT2D eigenvalue weighted by Crippen LogP contribution is -2.52. The van der Waals surface area contributed by atoms with Crippen molar-refractivity contribution < 1.29 is 27.1 Å². The number of methoxy groups -OCH3 is 1. The lowest BCUT2D eigenvalue weighted by Gasteiger charge is -2.32. The van der Waals surface area contributed by atoms with Gasteiger partial charge >= 0.3 is 0 Å². The Hall–Kier alpha value is -3.63. The zero-order valence-electron chi connectivity index (χ0n) is 22.1. The summed E-state index contributed by atoms with van der Waals surface area (Å²) < 4.78 is 47.2. The van der Waals surface area contributed by atoms with Gasteiger partial charge in [-0.2, -0.15) is 0 Å². The number of hydrogen-bond acceptors (Lipinski definition) is 5. The van der Waals surface area contributed by atoms with E-state index in [4.69, 9.17) is 16.3 Å². The molecule has 0 spiro atoms. The molecule has 3 aromatic rings. The van der Waals surface area contributed by atoms with Crippen molar-refractivity contribution in [2.75, 3.05) is 18.0 Å². The summed E-state index contributed by atoms with van der Waals surface area (Å²) in [5, 5.41) is 3.17. The Kier molecular flexibility index (Phi) is 9.93. The van der Waals surface area contributed by atoms with Crippen molar-refractivity contribution in [1.29, 1.82) is 0 Å². The first kappa shape index (κ1) is 29.9. The van der Waals surface area contributed by atoms with Crippen LogP contribution in [0.3, 0.4) is 0 Å². The number of nitrogens with zero attached hydrogens (tertiary/aromatic N) is 2. The highest BCUT2D eigenvalue weighted by Gasteiger charge is 2.32. The predicted molar refractivity (Wildman–Crippen MR) is 149 cm³/mol. The molecule has 3 rings (SSSR count). The zero-order chi connectivity index (χ0) is 28.7. The van der Waals surface area contributed by atoms with Crippen LogP contribution in [-0.2, 0) is 26.2 Å². The standard InChI is InChI=1S/C28H31ClFN3O5S/c1-19(2)31-28(35)20(3)32(17-21-5-9-23(30)10-6-21)27(34)18-33(24-11-7-22(29)8-12-24)39(36,37)26-15-13-25(38-4)14-16-26/h5-16,19-20H,17-18H2,1-4H3,(H,31,35). The van der Waals surface area contributed by atoms with Crippen LogP contribution in [0.25, 0.3) is 0 Å². The van der Waals surface area contributed by atoms with Crippen molar-refractivity contribution >= 4 is 39.1 Å². The third kappa shape index (κ3) is 7.70. The molecule has 1 N–H and O–H groups in total. The summed E-state index contributed by atoms with van der Waals surface area (Å²) in [6.45, 7) is 4.50. The molecule has 0 aromatic heterocycles. The Bertz CT molecular complexity index is 1380. The van der Waals surface area contributed by atoms with E-state index in [1.54, 1.807) is 20.8 Å². The summed E-state index contributed by atoms with van der Waals surface area (Å²) in [6.07, 6.45) is 0. The van der Waals surface area contributed by atoms with Crippen LogP contribution in [0, 0.1) is 5.82 Å². The molecule has 0 bridgehead atoms. The van der Waals surface area contributed by atoms with E-state index in [-0.39, 0.29) is 23.2 Å². The number of nitrogens with one attached hydrogen (secondary N) is 1. The van der Waals surface area contributed by atoms with Gasteiger partial charge in [-0.3, -0.25) is 13.9 Å². The van der Waals surface area contributed by atoms with Crippen LogP contribution < -0.4 is 14.4 Å². The summed E-state index contributed by atoms with van der Waals surface area (Å²) in [6, 6.07) is 16.2. The van der Waals surface area contributed by atoms with E-state index in [1.165, 1.54) is 84.8 Å². The van der Waals surface area contributed by atoms with Crippen molar-refractivity contribution in [3.63, 3.8) is 0 Å². The number of hydrogen-bond donors (Lipinski definition) is 1. The van der Waals surface area contributed by atoms with Crippen LogP contribution in [0.15, 0.2) is 77.7 Å². The molecule has 2 amide bonds. The Labute approximate surface area is 233 Å². The van der Waals surface area contributed by atoms with Crippen LogP contribution in [0.1, 0.15) is 26.3 Å². The second-order valence-corrected chi connectivity index (χ2v) is 11.4. The minimum Gasteiger partial charge on any atom is -0.497 e. The number of amides is 2. The first-order valence-corrected chi connectivity index (χ1v) is 14.0. The van der Waals surface area contributed by atoms with Gasteiger partial charge in [-0.1, -0.05) is 23.7 Å². The van der Waals surface area contributed by atoms with Gasteiger partial charge in [-0.05, 0) is 87.0 Å². The van der Waals surface area contributed by atoms with Crippen molar-refractivity contribution in [3.05, 3.63) is 89.2 Å². The third-order valence-electron chi connectivity index (χ3n) is 5.91. The highest BCUT2D eigenvalue weighted by Crippen LogP contribution is 2.27. The number of ether oxygens (including phenoxy) is 1. The normalized spacial score (nSPS) is 12.1. The van der Waals surface area contributed by atoms with E-state index in [2.05, 4.69) is 5.32 Å². The topological polar surface area (TPSA) is 96.0 Å². The van der Waals surface area contributed by atoms with Crippen molar-refractivity contribution in [1.82, 2.24) is 10.2 Å². The number of sulfonamides is 1. The second kappa shape index (κ2) is 12.9. The smallest absolute Gasteiger partial charge is 0.264 e. The number of rotatable bonds is 11. The predicted octanol–water partition coefficient (Wildman–Crippen LogP) is 4.62. The Morgan fingerprint density at radius 1 is 0.949 bits per heavy atom. The number of anilines is 1. The monoisotopic (exact) mass is 575 g/mol. The molecule has 0 aliphatic heterocycles. The maximum absolute atomic E-state index is 13.8. The van der Waals surface area contributed by atoms with Gasteiger partial charge in [-0.25, -0.2) is 12.8 Å². The van der Waals surface area contributed by atoms with Gasteiger partial charge in [0, 0.05) is 17.6 Å². The van der Waals surface area contributed by atoms with Crippen LogP contribution >= 0.6 is 11.6 Å². The Morgan fingerprint density at radius 2 is 1.54 bits per heavy atom. The average molecular weight is 576 g/mol. The van der Waals surface area contributed by atoms with Gasteiger partial charge in [0.1, 0.15) is 24.2 Å².